The van der Waals surface area contributed by atoms with Gasteiger partial charge in [0.25, 0.3) is 5.91 Å². The summed E-state index contributed by atoms with van der Waals surface area (Å²) in [4.78, 5) is 59.8. The summed E-state index contributed by atoms with van der Waals surface area (Å²) >= 11 is 12.0. The monoisotopic (exact) mass is 861 g/mol. The number of carbonyl (C=O) groups excluding carboxylic acids is 4. The van der Waals surface area contributed by atoms with Crippen LogP contribution in [0, 0.1) is 11.3 Å². The summed E-state index contributed by atoms with van der Waals surface area (Å²) in [5, 5.41) is 15.4. The highest BCUT2D eigenvalue weighted by atomic mass is 35.5. The van der Waals surface area contributed by atoms with Gasteiger partial charge in [0.05, 0.1) is 36.0 Å². The van der Waals surface area contributed by atoms with Gasteiger partial charge in [-0.3, -0.25) is 14.5 Å². The van der Waals surface area contributed by atoms with E-state index in [0.29, 0.717) is 44.5 Å². The smallest absolute Gasteiger partial charge is 0.411 e. The third-order valence-corrected chi connectivity index (χ3v) is 10.8. The number of fused-ring (bicyclic) bond motifs is 2. The first-order valence-electron chi connectivity index (χ1n) is 19.3. The molecule has 0 aliphatic carbocycles. The summed E-state index contributed by atoms with van der Waals surface area (Å²) in [5.41, 5.74) is 5.40. The summed E-state index contributed by atoms with van der Waals surface area (Å²) in [6.07, 6.45) is 0.0516. The molecule has 5 aromatic rings. The first-order chi connectivity index (χ1) is 29.2. The lowest BCUT2D eigenvalue weighted by atomic mass is 9.91. The Labute approximate surface area is 362 Å². The Morgan fingerprint density at radius 2 is 1.66 bits per heavy atom. The second-order valence-corrected chi connectivity index (χ2v) is 16.3. The summed E-state index contributed by atoms with van der Waals surface area (Å²) in [6, 6.07) is 26.7. The maximum atomic E-state index is 14.2. The molecule has 2 aliphatic heterocycles. The zero-order valence-corrected chi connectivity index (χ0v) is 35.2. The van der Waals surface area contributed by atoms with Gasteiger partial charge in [-0.1, -0.05) is 71.7 Å². The number of amides is 3. The normalized spacial score (nSPS) is 16.1. The van der Waals surface area contributed by atoms with Crippen LogP contribution in [-0.4, -0.2) is 58.6 Å². The number of pyridine rings is 1. The van der Waals surface area contributed by atoms with Crippen LogP contribution >= 0.6 is 23.2 Å². The van der Waals surface area contributed by atoms with Gasteiger partial charge in [0, 0.05) is 30.2 Å². The number of carbonyl (C=O) groups is 4. The molecule has 0 spiro atoms. The molecule has 61 heavy (non-hydrogen) atoms. The van der Waals surface area contributed by atoms with Gasteiger partial charge in [-0.15, -0.1) is 0 Å². The second-order valence-electron chi connectivity index (χ2n) is 15.6. The Bertz CT molecular complexity index is 2520. The number of nitriles is 1. The maximum absolute atomic E-state index is 14.2. The van der Waals surface area contributed by atoms with E-state index in [4.69, 9.17) is 47.4 Å². The van der Waals surface area contributed by atoms with E-state index < -0.39 is 47.7 Å². The number of halogens is 2. The van der Waals surface area contributed by atoms with Crippen molar-refractivity contribution in [2.24, 2.45) is 0 Å². The molecule has 0 saturated heterocycles. The van der Waals surface area contributed by atoms with E-state index in [2.05, 4.69) is 21.7 Å². The van der Waals surface area contributed by atoms with Crippen molar-refractivity contribution < 1.29 is 38.1 Å². The molecular formula is C46H41Cl2N5O8. The molecule has 2 N–H and O–H groups in total. The van der Waals surface area contributed by atoms with E-state index in [9.17, 15) is 19.2 Å². The minimum absolute atomic E-state index is 0.0162. The van der Waals surface area contributed by atoms with Crippen molar-refractivity contribution in [1.82, 2.24) is 15.2 Å². The quantitative estimate of drug-likeness (QED) is 0.103. The molecule has 2 unspecified atom stereocenters. The standard InChI is InChI=1S/C46H41Cl2N5O8/c1-46(2,3)61-45(57)53-24-33-21-39-36(51-43(55)40(60-39)31-13-15-34(16-14-31)59-25-28-17-35(47)41(48)50-23-28)19-32(33)20-38(53)42(54)52-37(44(56)58-4)18-26-5-9-29(10-6-26)30-11-7-27(22-49)8-12-30/h5-17,19,21,23,37-38,40H,18,20,24-25H2,1-4H3,(H,51,55)(H,52,54)/t37-,38?,40?/m0/s1. The fourth-order valence-corrected chi connectivity index (χ4v) is 7.30. The minimum Gasteiger partial charge on any atom is -0.489 e. The van der Waals surface area contributed by atoms with Gasteiger partial charge < -0.3 is 29.6 Å². The summed E-state index contributed by atoms with van der Waals surface area (Å²) in [6.45, 7) is 5.38. The average Bonchev–Trinajstić information content (AvgIpc) is 3.24. The van der Waals surface area contributed by atoms with Crippen molar-refractivity contribution in [1.29, 1.82) is 5.26 Å². The van der Waals surface area contributed by atoms with E-state index in [1.807, 2.05) is 36.4 Å². The van der Waals surface area contributed by atoms with Gasteiger partial charge in [-0.05, 0) is 91.1 Å². The number of anilines is 1. The highest BCUT2D eigenvalue weighted by molar-refractivity contribution is 6.41. The molecule has 0 bridgehead atoms. The van der Waals surface area contributed by atoms with Crippen LogP contribution in [0.5, 0.6) is 11.5 Å². The molecule has 4 aromatic carbocycles. The predicted octanol–water partition coefficient (Wildman–Crippen LogP) is 8.14. The third-order valence-electron chi connectivity index (χ3n) is 10.1. The number of methoxy groups -OCH3 is 1. The highest BCUT2D eigenvalue weighted by Crippen LogP contribution is 2.40. The zero-order valence-electron chi connectivity index (χ0n) is 33.7. The van der Waals surface area contributed by atoms with Gasteiger partial charge in [-0.25, -0.2) is 14.6 Å². The average molecular weight is 863 g/mol. The van der Waals surface area contributed by atoms with E-state index in [1.54, 1.807) is 81.6 Å². The molecule has 0 saturated carbocycles. The Morgan fingerprint density at radius 3 is 2.30 bits per heavy atom. The Morgan fingerprint density at radius 1 is 0.967 bits per heavy atom. The number of nitrogens with zero attached hydrogens (tertiary/aromatic N) is 3. The topological polar surface area (TPSA) is 169 Å². The number of esters is 1. The van der Waals surface area contributed by atoms with Crippen molar-refractivity contribution in [2.75, 3.05) is 12.4 Å². The lowest BCUT2D eigenvalue weighted by Crippen LogP contribution is -2.56. The zero-order chi connectivity index (χ0) is 43.4. The second kappa shape index (κ2) is 17.9. The van der Waals surface area contributed by atoms with E-state index in [1.165, 1.54) is 12.0 Å². The number of benzene rings is 4. The molecule has 1 aromatic heterocycles. The molecule has 3 amide bonds. The Balaban J connectivity index is 1.07. The van der Waals surface area contributed by atoms with Gasteiger partial charge in [0.15, 0.2) is 0 Å². The van der Waals surface area contributed by atoms with Crippen LogP contribution in [0.25, 0.3) is 11.1 Å². The van der Waals surface area contributed by atoms with Crippen molar-refractivity contribution in [3.63, 3.8) is 0 Å². The number of aromatic nitrogens is 1. The maximum Gasteiger partial charge on any atom is 0.411 e. The van der Waals surface area contributed by atoms with Gasteiger partial charge in [0.2, 0.25) is 12.0 Å². The number of ether oxygens (including phenoxy) is 4. The third kappa shape index (κ3) is 10.1. The number of hydrogen-bond donors (Lipinski definition) is 2. The summed E-state index contributed by atoms with van der Waals surface area (Å²) in [5.74, 6) is -0.696. The first kappa shape index (κ1) is 42.5. The molecule has 15 heteroatoms. The lowest BCUT2D eigenvalue weighted by molar-refractivity contribution is -0.145. The molecule has 13 nitrogen and oxygen atoms in total. The molecule has 2 aliphatic rings. The molecule has 7 rings (SSSR count). The van der Waals surface area contributed by atoms with Crippen LogP contribution in [0.3, 0.4) is 0 Å². The SMILES string of the molecule is COC(=O)[C@H](Cc1ccc(-c2ccc(C#N)cc2)cc1)NC(=O)C1Cc2cc3c(cc2CN1C(=O)OC(C)(C)C)OC(c1ccc(OCc2cnc(Cl)c(Cl)c2)cc1)C(=O)N3. The van der Waals surface area contributed by atoms with E-state index in [-0.39, 0.29) is 31.1 Å². The highest BCUT2D eigenvalue weighted by Gasteiger charge is 2.40. The van der Waals surface area contributed by atoms with Crippen molar-refractivity contribution in [2.45, 2.75) is 70.6 Å². The summed E-state index contributed by atoms with van der Waals surface area (Å²) in [7, 11) is 1.24. The van der Waals surface area contributed by atoms with E-state index in [0.717, 1.165) is 22.3 Å². The molecule has 312 valence electrons. The predicted molar refractivity (Wildman–Crippen MR) is 227 cm³/mol. The fraction of sp³-hybridized carbons (Fsp3) is 0.261. The Kier molecular flexibility index (Phi) is 12.5. The van der Waals surface area contributed by atoms with Gasteiger partial charge in [0.1, 0.15) is 40.9 Å². The van der Waals surface area contributed by atoms with Crippen LogP contribution in [-0.2, 0) is 49.9 Å². The number of rotatable bonds is 10. The molecule has 3 heterocycles. The van der Waals surface area contributed by atoms with Crippen LogP contribution in [0.4, 0.5) is 10.5 Å². The molecule has 0 fully saturated rings. The van der Waals surface area contributed by atoms with E-state index >= 15 is 0 Å². The lowest BCUT2D eigenvalue weighted by Gasteiger charge is -2.38. The number of hydrogen-bond acceptors (Lipinski definition) is 10. The van der Waals surface area contributed by atoms with Crippen LogP contribution < -0.4 is 20.1 Å². The van der Waals surface area contributed by atoms with Gasteiger partial charge in [-0.2, -0.15) is 5.26 Å². The first-order valence-corrected chi connectivity index (χ1v) is 20.1. The van der Waals surface area contributed by atoms with Crippen LogP contribution in [0.15, 0.2) is 97.2 Å². The molecule has 3 atom stereocenters. The van der Waals surface area contributed by atoms with Gasteiger partial charge >= 0.3 is 12.1 Å². The minimum atomic E-state index is -1.08. The largest absolute Gasteiger partial charge is 0.489 e. The summed E-state index contributed by atoms with van der Waals surface area (Å²) < 4.78 is 23.0. The fourth-order valence-electron chi connectivity index (χ4n) is 7.01. The van der Waals surface area contributed by atoms with Crippen LogP contribution in [0.1, 0.15) is 60.3 Å². The van der Waals surface area contributed by atoms with Crippen LogP contribution in [0.2, 0.25) is 10.2 Å². The Hall–Kier alpha value is -6.62. The van der Waals surface area contributed by atoms with Crippen molar-refractivity contribution in [3.05, 3.63) is 141 Å². The number of nitrogens with one attached hydrogen (secondary N) is 2. The van der Waals surface area contributed by atoms with Crippen molar-refractivity contribution >= 4 is 52.8 Å². The van der Waals surface area contributed by atoms with Crippen molar-refractivity contribution in [3.8, 4) is 28.7 Å². The molecular weight excluding hydrogens is 821 g/mol. The molecule has 0 radical (unpaired) electrons.